The molecule has 0 unspecified atom stereocenters. The van der Waals surface area contributed by atoms with E-state index < -0.39 is 5.82 Å². The second-order valence-electron chi connectivity index (χ2n) is 4.18. The van der Waals surface area contributed by atoms with Gasteiger partial charge in [-0.05, 0) is 25.1 Å². The van der Waals surface area contributed by atoms with Crippen molar-refractivity contribution in [1.82, 2.24) is 5.16 Å². The van der Waals surface area contributed by atoms with Crippen LogP contribution < -0.4 is 10.6 Å². The van der Waals surface area contributed by atoms with Crippen molar-refractivity contribution >= 4 is 29.0 Å². The highest BCUT2D eigenvalue weighted by Gasteiger charge is 2.06. The van der Waals surface area contributed by atoms with E-state index in [1.165, 1.54) is 18.2 Å². The predicted molar refractivity (Wildman–Crippen MR) is 74.4 cm³/mol. The third-order valence-corrected chi connectivity index (χ3v) is 2.78. The zero-order valence-electron chi connectivity index (χ0n) is 10.7. The highest BCUT2D eigenvalue weighted by Crippen LogP contribution is 2.19. The Morgan fingerprint density at radius 2 is 2.25 bits per heavy atom. The maximum absolute atomic E-state index is 13.0. The molecule has 2 aromatic rings. The van der Waals surface area contributed by atoms with E-state index in [0.29, 0.717) is 23.8 Å². The van der Waals surface area contributed by atoms with Crippen LogP contribution in [0.25, 0.3) is 0 Å². The normalized spacial score (nSPS) is 10.3. The van der Waals surface area contributed by atoms with Crippen molar-refractivity contribution < 1.29 is 13.7 Å². The molecule has 1 aromatic carbocycles. The van der Waals surface area contributed by atoms with E-state index in [9.17, 15) is 9.18 Å². The Hall–Kier alpha value is -2.08. The molecule has 1 aromatic heterocycles. The van der Waals surface area contributed by atoms with Crippen LogP contribution in [0.1, 0.15) is 12.2 Å². The summed E-state index contributed by atoms with van der Waals surface area (Å²) in [5.74, 6) is 0.547. The van der Waals surface area contributed by atoms with Crippen molar-refractivity contribution in [3.8, 4) is 0 Å². The van der Waals surface area contributed by atoms with Gasteiger partial charge in [-0.2, -0.15) is 0 Å². The van der Waals surface area contributed by atoms with E-state index in [-0.39, 0.29) is 17.4 Å². The van der Waals surface area contributed by atoms with Gasteiger partial charge < -0.3 is 15.2 Å². The van der Waals surface area contributed by atoms with E-state index >= 15 is 0 Å². The molecule has 1 amide bonds. The number of nitrogens with one attached hydrogen (secondary N) is 2. The number of carbonyl (C=O) groups excluding carboxylic acids is 1. The molecule has 0 bridgehead atoms. The highest BCUT2D eigenvalue weighted by molar-refractivity contribution is 6.31. The van der Waals surface area contributed by atoms with E-state index in [0.717, 1.165) is 0 Å². The molecule has 0 spiro atoms. The molecule has 1 heterocycles. The summed E-state index contributed by atoms with van der Waals surface area (Å²) in [7, 11) is 0. The lowest BCUT2D eigenvalue weighted by Gasteiger charge is -2.06. The van der Waals surface area contributed by atoms with Crippen molar-refractivity contribution in [3.05, 3.63) is 40.9 Å². The number of hydrogen-bond acceptors (Lipinski definition) is 4. The fourth-order valence-corrected chi connectivity index (χ4v) is 1.73. The van der Waals surface area contributed by atoms with E-state index in [4.69, 9.17) is 16.1 Å². The molecule has 0 aliphatic carbocycles. The molecule has 7 heteroatoms. The van der Waals surface area contributed by atoms with Gasteiger partial charge in [0.05, 0.1) is 5.02 Å². The minimum atomic E-state index is -0.521. The zero-order chi connectivity index (χ0) is 14.5. The first-order valence-electron chi connectivity index (χ1n) is 5.96. The molecule has 106 valence electrons. The third-order valence-electron chi connectivity index (χ3n) is 2.49. The Labute approximate surface area is 120 Å². The average molecular weight is 298 g/mol. The molecular formula is C13H13ClFN3O2. The van der Waals surface area contributed by atoms with Crippen LogP contribution in [-0.2, 0) is 4.79 Å². The van der Waals surface area contributed by atoms with Gasteiger partial charge in [-0.3, -0.25) is 4.79 Å². The summed E-state index contributed by atoms with van der Waals surface area (Å²) in [5, 5.41) is 9.29. The van der Waals surface area contributed by atoms with E-state index in [1.54, 1.807) is 13.0 Å². The molecule has 0 aliphatic heterocycles. The number of anilines is 2. The lowest BCUT2D eigenvalue weighted by atomic mass is 10.3. The molecule has 2 N–H and O–H groups in total. The summed E-state index contributed by atoms with van der Waals surface area (Å²) in [6, 6.07) is 5.75. The zero-order valence-corrected chi connectivity index (χ0v) is 11.5. The quantitative estimate of drug-likeness (QED) is 0.889. The third kappa shape index (κ3) is 3.96. The predicted octanol–water partition coefficient (Wildman–Crippen LogP) is 3.22. The molecule has 20 heavy (non-hydrogen) atoms. The number of amides is 1. The Bertz CT molecular complexity index is 615. The second-order valence-corrected chi connectivity index (χ2v) is 4.58. The topological polar surface area (TPSA) is 67.2 Å². The average Bonchev–Trinajstić information content (AvgIpc) is 2.80. The van der Waals surface area contributed by atoms with Gasteiger partial charge in [0.2, 0.25) is 5.91 Å². The lowest BCUT2D eigenvalue weighted by Crippen LogP contribution is -2.16. The molecule has 0 saturated carbocycles. The number of hydrogen-bond donors (Lipinski definition) is 2. The summed E-state index contributed by atoms with van der Waals surface area (Å²) in [6.45, 7) is 2.19. The van der Waals surface area contributed by atoms with Crippen LogP contribution in [0.4, 0.5) is 15.9 Å². The van der Waals surface area contributed by atoms with Crippen molar-refractivity contribution in [2.75, 3.05) is 17.2 Å². The summed E-state index contributed by atoms with van der Waals surface area (Å²) in [4.78, 5) is 11.7. The van der Waals surface area contributed by atoms with Gasteiger partial charge in [0, 0.05) is 24.7 Å². The number of aryl methyl sites for hydroxylation is 1. The molecule has 5 nitrogen and oxygen atoms in total. The minimum Gasteiger partial charge on any atom is -0.367 e. The van der Waals surface area contributed by atoms with Crippen LogP contribution in [0.5, 0.6) is 0 Å². The molecule has 0 atom stereocenters. The summed E-state index contributed by atoms with van der Waals surface area (Å²) in [5.41, 5.74) is 0.457. The molecule has 0 saturated heterocycles. The number of aromatic nitrogens is 1. The standard InChI is InChI=1S/C13H13ClFN3O2/c1-8-6-12(18-20-8)16-5-4-13(19)17-9-2-3-11(15)10(14)7-9/h2-3,6-7H,4-5H2,1H3,(H,16,18)(H,17,19). The smallest absolute Gasteiger partial charge is 0.226 e. The van der Waals surface area contributed by atoms with Crippen molar-refractivity contribution in [1.29, 1.82) is 0 Å². The van der Waals surface area contributed by atoms with Crippen LogP contribution in [0.15, 0.2) is 28.8 Å². The lowest BCUT2D eigenvalue weighted by molar-refractivity contribution is -0.115. The van der Waals surface area contributed by atoms with Crippen LogP contribution in [0.2, 0.25) is 5.02 Å². The number of halogens is 2. The van der Waals surface area contributed by atoms with E-state index in [2.05, 4.69) is 15.8 Å². The van der Waals surface area contributed by atoms with Gasteiger partial charge in [0.1, 0.15) is 11.6 Å². The summed E-state index contributed by atoms with van der Waals surface area (Å²) < 4.78 is 17.8. The van der Waals surface area contributed by atoms with E-state index in [1.807, 2.05) is 0 Å². The first-order chi connectivity index (χ1) is 9.54. The molecule has 0 radical (unpaired) electrons. The van der Waals surface area contributed by atoms with Crippen LogP contribution >= 0.6 is 11.6 Å². The number of nitrogens with zero attached hydrogens (tertiary/aromatic N) is 1. The maximum Gasteiger partial charge on any atom is 0.226 e. The molecule has 0 fully saturated rings. The van der Waals surface area contributed by atoms with Gasteiger partial charge in [-0.25, -0.2) is 4.39 Å². The molecule has 0 aliphatic rings. The van der Waals surface area contributed by atoms with Gasteiger partial charge in [0.15, 0.2) is 5.82 Å². The second kappa shape index (κ2) is 6.38. The Balaban J connectivity index is 1.79. The largest absolute Gasteiger partial charge is 0.367 e. The van der Waals surface area contributed by atoms with Gasteiger partial charge in [-0.15, -0.1) is 0 Å². The number of carbonyl (C=O) groups is 1. The Morgan fingerprint density at radius 3 is 2.90 bits per heavy atom. The highest BCUT2D eigenvalue weighted by atomic mass is 35.5. The first-order valence-corrected chi connectivity index (χ1v) is 6.34. The molecule has 2 rings (SSSR count). The van der Waals surface area contributed by atoms with Gasteiger partial charge >= 0.3 is 0 Å². The fraction of sp³-hybridized carbons (Fsp3) is 0.231. The van der Waals surface area contributed by atoms with Crippen molar-refractivity contribution in [2.45, 2.75) is 13.3 Å². The van der Waals surface area contributed by atoms with Gasteiger partial charge in [0.25, 0.3) is 0 Å². The number of benzene rings is 1. The molecular weight excluding hydrogens is 285 g/mol. The summed E-state index contributed by atoms with van der Waals surface area (Å²) >= 11 is 5.63. The Kier molecular flexibility index (Phi) is 4.57. The first kappa shape index (κ1) is 14.3. The Morgan fingerprint density at radius 1 is 1.45 bits per heavy atom. The van der Waals surface area contributed by atoms with Gasteiger partial charge in [-0.1, -0.05) is 16.8 Å². The maximum atomic E-state index is 13.0. The van der Waals surface area contributed by atoms with Crippen LogP contribution in [-0.4, -0.2) is 17.6 Å². The number of rotatable bonds is 5. The SMILES string of the molecule is Cc1cc(NCCC(=O)Nc2ccc(F)c(Cl)c2)no1. The van der Waals surface area contributed by atoms with Crippen molar-refractivity contribution in [2.24, 2.45) is 0 Å². The summed E-state index contributed by atoms with van der Waals surface area (Å²) in [6.07, 6.45) is 0.237. The monoisotopic (exact) mass is 297 g/mol. The minimum absolute atomic E-state index is 0.0287. The van der Waals surface area contributed by atoms with Crippen LogP contribution in [0.3, 0.4) is 0 Å². The van der Waals surface area contributed by atoms with Crippen LogP contribution in [0, 0.1) is 12.7 Å². The van der Waals surface area contributed by atoms with Crippen molar-refractivity contribution in [3.63, 3.8) is 0 Å². The fourth-order valence-electron chi connectivity index (χ4n) is 1.55.